The summed E-state index contributed by atoms with van der Waals surface area (Å²) in [4.78, 5) is 0. The van der Waals surface area contributed by atoms with E-state index in [1.54, 1.807) is 0 Å². The summed E-state index contributed by atoms with van der Waals surface area (Å²) in [5.41, 5.74) is 0.153. The lowest BCUT2D eigenvalue weighted by Gasteiger charge is -2.36. The average molecular weight is 253 g/mol. The van der Waals surface area contributed by atoms with E-state index in [9.17, 15) is 0 Å². The predicted molar refractivity (Wildman–Crippen MR) is 76.9 cm³/mol. The molecule has 0 unspecified atom stereocenters. The van der Waals surface area contributed by atoms with Crippen LogP contribution >= 0.6 is 0 Å². The van der Waals surface area contributed by atoms with Gasteiger partial charge in [-0.1, -0.05) is 51.4 Å². The highest BCUT2D eigenvalue weighted by atomic mass is 16.5. The normalized spacial score (nSPS) is 26.5. The number of nitrogens with one attached hydrogen (secondary N) is 1. The van der Waals surface area contributed by atoms with Gasteiger partial charge in [0, 0.05) is 6.54 Å². The molecule has 2 fully saturated rings. The van der Waals surface area contributed by atoms with Crippen LogP contribution in [0.5, 0.6) is 0 Å². The van der Waals surface area contributed by atoms with Gasteiger partial charge in [0.25, 0.3) is 0 Å². The molecular formula is C16H31NO. The van der Waals surface area contributed by atoms with Crippen LogP contribution in [0.1, 0.15) is 77.0 Å². The van der Waals surface area contributed by atoms with Crippen LogP contribution in [-0.4, -0.2) is 25.3 Å². The van der Waals surface area contributed by atoms with Crippen LogP contribution in [-0.2, 0) is 4.74 Å². The van der Waals surface area contributed by atoms with Crippen LogP contribution in [0.25, 0.3) is 0 Å². The Labute approximate surface area is 113 Å². The summed E-state index contributed by atoms with van der Waals surface area (Å²) in [5.74, 6) is 0. The van der Waals surface area contributed by atoms with E-state index in [0.717, 1.165) is 6.54 Å². The number of ether oxygens (including phenoxy) is 1. The topological polar surface area (TPSA) is 21.3 Å². The molecule has 2 saturated carbocycles. The van der Waals surface area contributed by atoms with Crippen molar-refractivity contribution >= 4 is 0 Å². The van der Waals surface area contributed by atoms with Gasteiger partial charge in [-0.15, -0.1) is 0 Å². The zero-order valence-electron chi connectivity index (χ0n) is 12.2. The third-order valence-corrected chi connectivity index (χ3v) is 4.73. The molecule has 0 aromatic heterocycles. The molecule has 0 spiro atoms. The number of likely N-dealkylation sites (N-methyl/N-ethyl adjacent to an activating group) is 1. The summed E-state index contributed by atoms with van der Waals surface area (Å²) < 4.78 is 6.66. The monoisotopic (exact) mass is 253 g/mol. The highest BCUT2D eigenvalue weighted by Gasteiger charge is 2.33. The largest absolute Gasteiger partial charge is 0.370 e. The molecular weight excluding hydrogens is 222 g/mol. The van der Waals surface area contributed by atoms with Crippen LogP contribution in [0.2, 0.25) is 0 Å². The van der Waals surface area contributed by atoms with Gasteiger partial charge in [0.05, 0.1) is 11.7 Å². The first-order valence-corrected chi connectivity index (χ1v) is 8.17. The van der Waals surface area contributed by atoms with Crippen molar-refractivity contribution in [2.45, 2.75) is 88.8 Å². The van der Waals surface area contributed by atoms with Gasteiger partial charge in [-0.05, 0) is 32.7 Å². The third-order valence-electron chi connectivity index (χ3n) is 4.73. The van der Waals surface area contributed by atoms with E-state index >= 15 is 0 Å². The summed E-state index contributed by atoms with van der Waals surface area (Å²) in [6, 6.07) is 0. The van der Waals surface area contributed by atoms with Gasteiger partial charge < -0.3 is 10.1 Å². The average Bonchev–Trinajstić information content (AvgIpc) is 2.73. The fraction of sp³-hybridized carbons (Fsp3) is 1.00. The number of hydrogen-bond donors (Lipinski definition) is 1. The molecule has 0 aromatic rings. The Morgan fingerprint density at radius 3 is 2.00 bits per heavy atom. The molecule has 0 heterocycles. The van der Waals surface area contributed by atoms with Crippen molar-refractivity contribution in [2.75, 3.05) is 13.6 Å². The zero-order chi connectivity index (χ0) is 12.7. The second-order valence-corrected chi connectivity index (χ2v) is 6.36. The third kappa shape index (κ3) is 4.24. The Morgan fingerprint density at radius 2 is 1.44 bits per heavy atom. The van der Waals surface area contributed by atoms with Crippen molar-refractivity contribution in [1.82, 2.24) is 5.32 Å². The number of rotatable bonds is 4. The van der Waals surface area contributed by atoms with Gasteiger partial charge >= 0.3 is 0 Å². The molecule has 0 saturated heterocycles. The Kier molecular flexibility index (Phi) is 5.97. The zero-order valence-corrected chi connectivity index (χ0v) is 12.2. The summed E-state index contributed by atoms with van der Waals surface area (Å²) in [5, 5.41) is 3.39. The van der Waals surface area contributed by atoms with Crippen molar-refractivity contribution < 1.29 is 4.74 Å². The lowest BCUT2D eigenvalue weighted by Crippen LogP contribution is -2.44. The molecule has 0 bridgehead atoms. The van der Waals surface area contributed by atoms with Crippen LogP contribution in [0, 0.1) is 0 Å². The van der Waals surface area contributed by atoms with Gasteiger partial charge in [0.2, 0.25) is 0 Å². The minimum Gasteiger partial charge on any atom is -0.370 e. The molecule has 18 heavy (non-hydrogen) atoms. The number of hydrogen-bond acceptors (Lipinski definition) is 2. The summed E-state index contributed by atoms with van der Waals surface area (Å²) >= 11 is 0. The van der Waals surface area contributed by atoms with E-state index in [1.807, 2.05) is 0 Å². The van der Waals surface area contributed by atoms with Crippen LogP contribution < -0.4 is 5.32 Å². The van der Waals surface area contributed by atoms with E-state index in [1.165, 1.54) is 77.0 Å². The first-order valence-electron chi connectivity index (χ1n) is 8.17. The minimum atomic E-state index is 0.153. The molecule has 106 valence electrons. The highest BCUT2D eigenvalue weighted by Crippen LogP contribution is 2.34. The standard InChI is InChI=1S/C16H31NO/c1-17-14-16(12-8-4-5-9-13-16)18-15-10-6-2-3-7-11-15/h15,17H,2-14H2,1H3. The molecule has 0 atom stereocenters. The SMILES string of the molecule is CNCC1(OC2CCCCCC2)CCCCCC1. The van der Waals surface area contributed by atoms with Crippen molar-refractivity contribution in [3.8, 4) is 0 Å². The second kappa shape index (κ2) is 7.49. The van der Waals surface area contributed by atoms with Gasteiger partial charge in [-0.2, -0.15) is 0 Å². The van der Waals surface area contributed by atoms with E-state index in [4.69, 9.17) is 4.74 Å². The maximum Gasteiger partial charge on any atom is 0.0809 e. The lowest BCUT2D eigenvalue weighted by atomic mass is 9.93. The van der Waals surface area contributed by atoms with E-state index in [0.29, 0.717) is 6.10 Å². The molecule has 2 heteroatoms. The fourth-order valence-corrected chi connectivity index (χ4v) is 3.74. The molecule has 0 aliphatic heterocycles. The van der Waals surface area contributed by atoms with Crippen LogP contribution in [0.15, 0.2) is 0 Å². The molecule has 0 radical (unpaired) electrons. The van der Waals surface area contributed by atoms with E-state index in [2.05, 4.69) is 12.4 Å². The maximum atomic E-state index is 6.66. The summed E-state index contributed by atoms with van der Waals surface area (Å²) in [6.07, 6.45) is 16.8. The molecule has 2 rings (SSSR count). The Hall–Kier alpha value is -0.0800. The quantitative estimate of drug-likeness (QED) is 0.764. The molecule has 0 amide bonds. The Balaban J connectivity index is 1.94. The minimum absolute atomic E-state index is 0.153. The van der Waals surface area contributed by atoms with E-state index in [-0.39, 0.29) is 5.60 Å². The smallest absolute Gasteiger partial charge is 0.0809 e. The molecule has 0 aromatic carbocycles. The van der Waals surface area contributed by atoms with E-state index < -0.39 is 0 Å². The fourth-order valence-electron chi connectivity index (χ4n) is 3.74. The maximum absolute atomic E-state index is 6.66. The van der Waals surface area contributed by atoms with Crippen LogP contribution in [0.4, 0.5) is 0 Å². The second-order valence-electron chi connectivity index (χ2n) is 6.36. The lowest BCUT2D eigenvalue weighted by molar-refractivity contribution is -0.105. The van der Waals surface area contributed by atoms with Gasteiger partial charge in [-0.25, -0.2) is 0 Å². The van der Waals surface area contributed by atoms with Crippen molar-refractivity contribution in [3.05, 3.63) is 0 Å². The molecule has 2 nitrogen and oxygen atoms in total. The van der Waals surface area contributed by atoms with Gasteiger partial charge in [0.1, 0.15) is 0 Å². The van der Waals surface area contributed by atoms with Crippen molar-refractivity contribution in [1.29, 1.82) is 0 Å². The molecule has 1 N–H and O–H groups in total. The first-order chi connectivity index (χ1) is 8.85. The molecule has 2 aliphatic rings. The van der Waals surface area contributed by atoms with Crippen LogP contribution in [0.3, 0.4) is 0 Å². The predicted octanol–water partition coefficient (Wildman–Crippen LogP) is 4.04. The summed E-state index contributed by atoms with van der Waals surface area (Å²) in [6.45, 7) is 1.05. The van der Waals surface area contributed by atoms with Gasteiger partial charge in [0.15, 0.2) is 0 Å². The first kappa shape index (κ1) is 14.3. The highest BCUT2D eigenvalue weighted by molar-refractivity contribution is 4.87. The molecule has 2 aliphatic carbocycles. The summed E-state index contributed by atoms with van der Waals surface area (Å²) in [7, 11) is 2.07. The Morgan fingerprint density at radius 1 is 0.889 bits per heavy atom. The van der Waals surface area contributed by atoms with Gasteiger partial charge in [-0.3, -0.25) is 0 Å². The van der Waals surface area contributed by atoms with Crippen molar-refractivity contribution in [3.63, 3.8) is 0 Å². The van der Waals surface area contributed by atoms with Crippen molar-refractivity contribution in [2.24, 2.45) is 0 Å². The Bertz CT molecular complexity index is 213.